The van der Waals surface area contributed by atoms with Gasteiger partial charge in [-0.25, -0.2) is 0 Å². The molecule has 3 aromatic rings. The summed E-state index contributed by atoms with van der Waals surface area (Å²) in [6, 6.07) is 14.0. The first-order valence-electron chi connectivity index (χ1n) is 12.4. The third-order valence-electron chi connectivity index (χ3n) is 6.68. The highest BCUT2D eigenvalue weighted by Gasteiger charge is 2.35. The van der Waals surface area contributed by atoms with E-state index in [1.54, 1.807) is 6.20 Å². The molecule has 5 nitrogen and oxygen atoms in total. The zero-order valence-electron chi connectivity index (χ0n) is 21.3. The van der Waals surface area contributed by atoms with E-state index in [4.69, 9.17) is 0 Å². The standard InChI is InChI=1S/C29H29BrF3N3O2/c1-17(2)27-26-22(16-36(27)15-19-4-8-23(9-5-19)29(31,32)33)13-21(14-34-26)28(38)35-25(12-18(3)37)20-6-10-24(30)11-7-20/h4-11,13-14,17,25,27H,12,15-16H2,1-3H3,(H,35,38)/t25?,27-/m0/s1. The molecule has 4 rings (SSSR count). The minimum absolute atomic E-state index is 0.0300. The molecule has 2 atom stereocenters. The second-order valence-corrected chi connectivity index (χ2v) is 11.0. The van der Waals surface area contributed by atoms with E-state index < -0.39 is 17.8 Å². The molecule has 200 valence electrons. The molecule has 0 aliphatic carbocycles. The van der Waals surface area contributed by atoms with Crippen molar-refractivity contribution in [3.05, 3.63) is 98.8 Å². The quantitative estimate of drug-likeness (QED) is 0.307. The second-order valence-electron chi connectivity index (χ2n) is 10.0. The number of hydrogen-bond donors (Lipinski definition) is 1. The van der Waals surface area contributed by atoms with Crippen molar-refractivity contribution in [3.8, 4) is 0 Å². The molecule has 1 unspecified atom stereocenters. The van der Waals surface area contributed by atoms with Gasteiger partial charge >= 0.3 is 6.18 Å². The second kappa shape index (κ2) is 11.4. The molecule has 1 amide bonds. The lowest BCUT2D eigenvalue weighted by Gasteiger charge is -2.27. The Morgan fingerprint density at radius 3 is 2.34 bits per heavy atom. The summed E-state index contributed by atoms with van der Waals surface area (Å²) in [6.45, 7) is 6.63. The fourth-order valence-electron chi connectivity index (χ4n) is 4.93. The van der Waals surface area contributed by atoms with Gasteiger partial charge in [0, 0.05) is 30.2 Å². The van der Waals surface area contributed by atoms with E-state index >= 15 is 0 Å². The van der Waals surface area contributed by atoms with Crippen LogP contribution in [-0.4, -0.2) is 21.6 Å². The van der Waals surface area contributed by atoms with Crippen LogP contribution in [0.5, 0.6) is 0 Å². The van der Waals surface area contributed by atoms with E-state index in [0.29, 0.717) is 18.7 Å². The molecule has 0 fully saturated rings. The number of Topliss-reactive ketones (excluding diaryl/α,β-unsaturated/α-hetero) is 1. The zero-order valence-corrected chi connectivity index (χ0v) is 22.9. The van der Waals surface area contributed by atoms with E-state index in [-0.39, 0.29) is 30.1 Å². The van der Waals surface area contributed by atoms with Crippen LogP contribution in [0.25, 0.3) is 0 Å². The smallest absolute Gasteiger partial charge is 0.345 e. The third kappa shape index (κ3) is 6.50. The Labute approximate surface area is 228 Å². The molecule has 1 aliphatic heterocycles. The van der Waals surface area contributed by atoms with Crippen LogP contribution in [0, 0.1) is 5.92 Å². The monoisotopic (exact) mass is 587 g/mol. The van der Waals surface area contributed by atoms with Crippen molar-refractivity contribution in [2.75, 3.05) is 0 Å². The lowest BCUT2D eigenvalue weighted by molar-refractivity contribution is -0.137. The number of hydrogen-bond acceptors (Lipinski definition) is 4. The highest BCUT2D eigenvalue weighted by atomic mass is 79.9. The summed E-state index contributed by atoms with van der Waals surface area (Å²) >= 11 is 3.40. The van der Waals surface area contributed by atoms with Crippen molar-refractivity contribution in [1.29, 1.82) is 0 Å². The number of amides is 1. The highest BCUT2D eigenvalue weighted by molar-refractivity contribution is 9.10. The Hall–Kier alpha value is -3.04. The molecule has 1 aliphatic rings. The average Bonchev–Trinajstić information content (AvgIpc) is 3.20. The summed E-state index contributed by atoms with van der Waals surface area (Å²) in [5.74, 6) is -0.157. The number of carbonyl (C=O) groups excluding carboxylic acids is 2. The zero-order chi connectivity index (χ0) is 27.6. The van der Waals surface area contributed by atoms with E-state index in [9.17, 15) is 22.8 Å². The molecule has 1 N–H and O–H groups in total. The number of nitrogens with zero attached hydrogens (tertiary/aromatic N) is 2. The van der Waals surface area contributed by atoms with Crippen LogP contribution in [0.15, 0.2) is 65.3 Å². The van der Waals surface area contributed by atoms with Crippen LogP contribution in [0.3, 0.4) is 0 Å². The molecule has 0 saturated carbocycles. The topological polar surface area (TPSA) is 62.3 Å². The summed E-state index contributed by atoms with van der Waals surface area (Å²) in [6.07, 6.45) is -2.65. The number of rotatable bonds is 8. The number of pyridine rings is 1. The van der Waals surface area contributed by atoms with Gasteiger partial charge in [0.2, 0.25) is 0 Å². The lowest BCUT2D eigenvalue weighted by Crippen LogP contribution is -2.30. The first-order valence-corrected chi connectivity index (χ1v) is 13.2. The predicted molar refractivity (Wildman–Crippen MR) is 142 cm³/mol. The predicted octanol–water partition coefficient (Wildman–Crippen LogP) is 7.03. The van der Waals surface area contributed by atoms with E-state index in [0.717, 1.165) is 39.0 Å². The number of alkyl halides is 3. The molecule has 0 radical (unpaired) electrons. The highest BCUT2D eigenvalue weighted by Crippen LogP contribution is 2.39. The van der Waals surface area contributed by atoms with Gasteiger partial charge in [0.15, 0.2) is 0 Å². The van der Waals surface area contributed by atoms with Crippen LogP contribution in [0.1, 0.15) is 77.6 Å². The van der Waals surface area contributed by atoms with Crippen LogP contribution >= 0.6 is 15.9 Å². The normalized spacial score (nSPS) is 16.4. The van der Waals surface area contributed by atoms with Crippen molar-refractivity contribution in [2.45, 2.75) is 58.5 Å². The maximum atomic E-state index is 13.2. The van der Waals surface area contributed by atoms with Gasteiger partial charge in [-0.1, -0.05) is 54.0 Å². The van der Waals surface area contributed by atoms with E-state index in [1.165, 1.54) is 19.1 Å². The Morgan fingerprint density at radius 1 is 1.11 bits per heavy atom. The fraction of sp³-hybridized carbons (Fsp3) is 0.345. The number of aromatic nitrogens is 1. The van der Waals surface area contributed by atoms with Gasteiger partial charge in [-0.3, -0.25) is 19.5 Å². The Bertz CT molecular complexity index is 1310. The maximum absolute atomic E-state index is 13.2. The maximum Gasteiger partial charge on any atom is 0.416 e. The Balaban J connectivity index is 1.53. The molecule has 38 heavy (non-hydrogen) atoms. The summed E-state index contributed by atoms with van der Waals surface area (Å²) in [4.78, 5) is 31.9. The van der Waals surface area contributed by atoms with Gasteiger partial charge in [-0.2, -0.15) is 13.2 Å². The number of fused-ring (bicyclic) bond motifs is 1. The SMILES string of the molecule is CC(=O)CC(NC(=O)c1cnc2c(c1)CN(Cc1ccc(C(F)(F)F)cc1)[C@H]2C(C)C)c1ccc(Br)cc1. The van der Waals surface area contributed by atoms with Gasteiger partial charge in [0.25, 0.3) is 5.91 Å². The molecule has 0 saturated heterocycles. The molecule has 0 spiro atoms. The first-order chi connectivity index (χ1) is 17.9. The lowest BCUT2D eigenvalue weighted by atomic mass is 9.98. The third-order valence-corrected chi connectivity index (χ3v) is 7.21. The van der Waals surface area contributed by atoms with Crippen LogP contribution in [-0.2, 0) is 24.1 Å². The average molecular weight is 588 g/mol. The summed E-state index contributed by atoms with van der Waals surface area (Å²) < 4.78 is 39.8. The van der Waals surface area contributed by atoms with Crippen molar-refractivity contribution < 1.29 is 22.8 Å². The minimum Gasteiger partial charge on any atom is -0.345 e. The number of carbonyl (C=O) groups is 2. The van der Waals surface area contributed by atoms with Gasteiger partial charge < -0.3 is 5.32 Å². The Morgan fingerprint density at radius 2 is 1.76 bits per heavy atom. The molecular formula is C29H29BrF3N3O2. The van der Waals surface area contributed by atoms with Crippen molar-refractivity contribution >= 4 is 27.6 Å². The number of benzene rings is 2. The van der Waals surface area contributed by atoms with Crippen LogP contribution < -0.4 is 5.32 Å². The number of ketones is 1. The Kier molecular flexibility index (Phi) is 8.37. The van der Waals surface area contributed by atoms with Gasteiger partial charge in [-0.05, 0) is 59.9 Å². The largest absolute Gasteiger partial charge is 0.416 e. The van der Waals surface area contributed by atoms with Gasteiger partial charge in [-0.15, -0.1) is 0 Å². The minimum atomic E-state index is -4.37. The fourth-order valence-corrected chi connectivity index (χ4v) is 5.19. The van der Waals surface area contributed by atoms with Crippen LogP contribution in [0.4, 0.5) is 13.2 Å². The van der Waals surface area contributed by atoms with Crippen molar-refractivity contribution in [2.24, 2.45) is 5.92 Å². The van der Waals surface area contributed by atoms with E-state index in [1.807, 2.05) is 30.3 Å². The molecule has 1 aromatic heterocycles. The summed E-state index contributed by atoms with van der Waals surface area (Å²) in [5, 5.41) is 2.97. The number of halogens is 4. The van der Waals surface area contributed by atoms with Crippen molar-refractivity contribution in [3.63, 3.8) is 0 Å². The van der Waals surface area contributed by atoms with Gasteiger partial charge in [0.1, 0.15) is 5.78 Å². The molecule has 2 heterocycles. The van der Waals surface area contributed by atoms with Gasteiger partial charge in [0.05, 0.1) is 28.9 Å². The molecule has 0 bridgehead atoms. The van der Waals surface area contributed by atoms with Crippen LogP contribution in [0.2, 0.25) is 0 Å². The first kappa shape index (κ1) is 28.0. The molecule has 9 heteroatoms. The van der Waals surface area contributed by atoms with Crippen molar-refractivity contribution in [1.82, 2.24) is 15.2 Å². The summed E-state index contributed by atoms with van der Waals surface area (Å²) in [5.41, 5.74) is 3.11. The molecule has 2 aromatic carbocycles. The summed E-state index contributed by atoms with van der Waals surface area (Å²) in [7, 11) is 0. The molecular weight excluding hydrogens is 559 g/mol. The number of nitrogens with one attached hydrogen (secondary N) is 1. The van der Waals surface area contributed by atoms with E-state index in [2.05, 4.69) is 45.0 Å².